The maximum Gasteiger partial charge on any atom is 0.292 e. The van der Waals surface area contributed by atoms with E-state index < -0.39 is 0 Å². The summed E-state index contributed by atoms with van der Waals surface area (Å²) >= 11 is 3.40. The average molecular weight is 414 g/mol. The SMILES string of the molecule is CCCC(CNc1cc(Br)ccc1[N+](=O)[O-])C(CC)N1CCOCC1. The van der Waals surface area contributed by atoms with Gasteiger partial charge in [0.05, 0.1) is 18.1 Å². The van der Waals surface area contributed by atoms with E-state index in [-0.39, 0.29) is 10.6 Å². The molecule has 140 valence electrons. The first-order valence-corrected chi connectivity index (χ1v) is 9.85. The van der Waals surface area contributed by atoms with Gasteiger partial charge in [-0.15, -0.1) is 0 Å². The average Bonchev–Trinajstić information content (AvgIpc) is 2.61. The van der Waals surface area contributed by atoms with E-state index in [0.717, 1.165) is 56.6 Å². The first-order chi connectivity index (χ1) is 12.1. The molecule has 0 aromatic heterocycles. The maximum atomic E-state index is 11.3. The Morgan fingerprint density at radius 3 is 2.68 bits per heavy atom. The van der Waals surface area contributed by atoms with Crippen LogP contribution in [-0.4, -0.2) is 48.7 Å². The fourth-order valence-electron chi connectivity index (χ4n) is 3.65. The molecule has 1 N–H and O–H groups in total. The van der Waals surface area contributed by atoms with Gasteiger partial charge < -0.3 is 10.1 Å². The van der Waals surface area contributed by atoms with Crippen LogP contribution in [0, 0.1) is 16.0 Å². The lowest BCUT2D eigenvalue weighted by atomic mass is 9.91. The Bertz CT molecular complexity index is 564. The van der Waals surface area contributed by atoms with E-state index in [2.05, 4.69) is 40.0 Å². The number of halogens is 1. The van der Waals surface area contributed by atoms with Crippen LogP contribution in [0.2, 0.25) is 0 Å². The molecule has 7 heteroatoms. The number of nitrogens with zero attached hydrogens (tertiary/aromatic N) is 2. The molecule has 0 saturated carbocycles. The third kappa shape index (κ3) is 5.66. The molecular formula is C18H28BrN3O3. The molecule has 0 spiro atoms. The van der Waals surface area contributed by atoms with Gasteiger partial charge in [-0.1, -0.05) is 36.2 Å². The molecule has 1 saturated heterocycles. The Labute approximate surface area is 158 Å². The van der Waals surface area contributed by atoms with Gasteiger partial charge in [0.15, 0.2) is 0 Å². The Morgan fingerprint density at radius 2 is 2.08 bits per heavy atom. The van der Waals surface area contributed by atoms with Crippen LogP contribution in [0.3, 0.4) is 0 Å². The number of hydrogen-bond acceptors (Lipinski definition) is 5. The van der Waals surface area contributed by atoms with Crippen molar-refractivity contribution in [2.24, 2.45) is 5.92 Å². The predicted molar refractivity (Wildman–Crippen MR) is 104 cm³/mol. The van der Waals surface area contributed by atoms with Crippen LogP contribution in [0.5, 0.6) is 0 Å². The zero-order chi connectivity index (χ0) is 18.2. The number of benzene rings is 1. The third-order valence-electron chi connectivity index (χ3n) is 4.85. The van der Waals surface area contributed by atoms with Crippen LogP contribution in [0.25, 0.3) is 0 Å². The van der Waals surface area contributed by atoms with Crippen molar-refractivity contribution in [3.05, 3.63) is 32.8 Å². The Hall–Kier alpha value is -1.18. The number of hydrogen-bond donors (Lipinski definition) is 1. The zero-order valence-corrected chi connectivity index (χ0v) is 16.6. The highest BCUT2D eigenvalue weighted by Gasteiger charge is 2.27. The molecule has 0 amide bonds. The van der Waals surface area contributed by atoms with Crippen LogP contribution in [0.1, 0.15) is 33.1 Å². The monoisotopic (exact) mass is 413 g/mol. The van der Waals surface area contributed by atoms with Crippen molar-refractivity contribution >= 4 is 27.3 Å². The number of nitrogens with one attached hydrogen (secondary N) is 1. The number of anilines is 1. The molecule has 2 rings (SSSR count). The van der Waals surface area contributed by atoms with Crippen molar-refractivity contribution in [1.29, 1.82) is 0 Å². The second-order valence-electron chi connectivity index (χ2n) is 6.47. The second-order valence-corrected chi connectivity index (χ2v) is 7.39. The summed E-state index contributed by atoms with van der Waals surface area (Å²) in [6, 6.07) is 5.51. The fourth-order valence-corrected chi connectivity index (χ4v) is 4.01. The van der Waals surface area contributed by atoms with Gasteiger partial charge in [-0.2, -0.15) is 0 Å². The van der Waals surface area contributed by atoms with Crippen LogP contribution in [-0.2, 0) is 4.74 Å². The van der Waals surface area contributed by atoms with Crippen molar-refractivity contribution in [2.45, 2.75) is 39.2 Å². The first kappa shape index (κ1) is 20.1. The molecular weight excluding hydrogens is 386 g/mol. The summed E-state index contributed by atoms with van der Waals surface area (Å²) in [6.07, 6.45) is 3.28. The van der Waals surface area contributed by atoms with Gasteiger partial charge in [0.2, 0.25) is 0 Å². The van der Waals surface area contributed by atoms with Gasteiger partial charge in [0, 0.05) is 36.2 Å². The Kier molecular flexibility index (Phi) is 8.12. The van der Waals surface area contributed by atoms with Crippen LogP contribution in [0.4, 0.5) is 11.4 Å². The lowest BCUT2D eigenvalue weighted by Crippen LogP contribution is -2.48. The molecule has 0 bridgehead atoms. The molecule has 0 radical (unpaired) electrons. The normalized spacial score (nSPS) is 17.9. The van der Waals surface area contributed by atoms with Crippen molar-refractivity contribution in [2.75, 3.05) is 38.2 Å². The van der Waals surface area contributed by atoms with Gasteiger partial charge in [-0.25, -0.2) is 0 Å². The van der Waals surface area contributed by atoms with Crippen molar-refractivity contribution in [1.82, 2.24) is 4.90 Å². The van der Waals surface area contributed by atoms with Gasteiger partial charge >= 0.3 is 0 Å². The molecule has 1 aliphatic rings. The molecule has 0 aliphatic carbocycles. The topological polar surface area (TPSA) is 67.6 Å². The molecule has 25 heavy (non-hydrogen) atoms. The molecule has 1 aromatic carbocycles. The third-order valence-corrected chi connectivity index (χ3v) is 5.34. The second kappa shape index (κ2) is 10.1. The minimum absolute atomic E-state index is 0.123. The van der Waals surface area contributed by atoms with Crippen molar-refractivity contribution < 1.29 is 9.66 Å². The number of nitro benzene ring substituents is 1. The molecule has 2 atom stereocenters. The predicted octanol–water partition coefficient (Wildman–Crippen LogP) is 4.30. The molecule has 2 unspecified atom stereocenters. The Morgan fingerprint density at radius 1 is 1.36 bits per heavy atom. The highest BCUT2D eigenvalue weighted by molar-refractivity contribution is 9.10. The largest absolute Gasteiger partial charge is 0.379 e. The smallest absolute Gasteiger partial charge is 0.292 e. The molecule has 1 aromatic rings. The van der Waals surface area contributed by atoms with E-state index in [1.807, 2.05) is 0 Å². The Balaban J connectivity index is 2.10. The highest BCUT2D eigenvalue weighted by Crippen LogP contribution is 2.29. The fraction of sp³-hybridized carbons (Fsp3) is 0.667. The summed E-state index contributed by atoms with van der Waals surface area (Å²) in [4.78, 5) is 13.5. The van der Waals surface area contributed by atoms with E-state index in [1.165, 1.54) is 0 Å². The van der Waals surface area contributed by atoms with Crippen LogP contribution < -0.4 is 5.32 Å². The van der Waals surface area contributed by atoms with E-state index in [4.69, 9.17) is 4.74 Å². The quantitative estimate of drug-likeness (QED) is 0.482. The molecule has 1 aliphatic heterocycles. The van der Waals surface area contributed by atoms with E-state index in [9.17, 15) is 10.1 Å². The number of morpholine rings is 1. The minimum Gasteiger partial charge on any atom is -0.379 e. The summed E-state index contributed by atoms with van der Waals surface area (Å²) in [5, 5.41) is 14.6. The summed E-state index contributed by atoms with van der Waals surface area (Å²) in [6.45, 7) is 8.68. The van der Waals surface area contributed by atoms with E-state index in [0.29, 0.717) is 17.6 Å². The summed E-state index contributed by atoms with van der Waals surface area (Å²) in [5.41, 5.74) is 0.704. The van der Waals surface area contributed by atoms with Crippen LogP contribution >= 0.6 is 15.9 Å². The number of nitro groups is 1. The van der Waals surface area contributed by atoms with Crippen molar-refractivity contribution in [3.63, 3.8) is 0 Å². The summed E-state index contributed by atoms with van der Waals surface area (Å²) in [7, 11) is 0. The van der Waals surface area contributed by atoms with Gasteiger partial charge in [-0.05, 0) is 30.9 Å². The van der Waals surface area contributed by atoms with Gasteiger partial charge in [0.25, 0.3) is 5.69 Å². The highest BCUT2D eigenvalue weighted by atomic mass is 79.9. The molecule has 1 fully saturated rings. The molecule has 6 nitrogen and oxygen atoms in total. The molecule has 1 heterocycles. The summed E-state index contributed by atoms with van der Waals surface area (Å²) < 4.78 is 6.32. The number of ether oxygens (including phenoxy) is 1. The van der Waals surface area contributed by atoms with Crippen molar-refractivity contribution in [3.8, 4) is 0 Å². The number of rotatable bonds is 9. The standard InChI is InChI=1S/C18H28BrN3O3/c1-3-5-14(17(4-2)21-8-10-25-11-9-21)13-20-16-12-15(19)6-7-18(16)22(23)24/h6-7,12,14,17,20H,3-5,8-11,13H2,1-2H3. The van der Waals surface area contributed by atoms with E-state index in [1.54, 1.807) is 18.2 Å². The maximum absolute atomic E-state index is 11.3. The van der Waals surface area contributed by atoms with Gasteiger partial charge in [0.1, 0.15) is 5.69 Å². The lowest BCUT2D eigenvalue weighted by Gasteiger charge is -2.39. The lowest BCUT2D eigenvalue weighted by molar-refractivity contribution is -0.384. The van der Waals surface area contributed by atoms with Crippen LogP contribution in [0.15, 0.2) is 22.7 Å². The zero-order valence-electron chi connectivity index (χ0n) is 15.0. The first-order valence-electron chi connectivity index (χ1n) is 9.06. The summed E-state index contributed by atoms with van der Waals surface area (Å²) in [5.74, 6) is 0.451. The van der Waals surface area contributed by atoms with Gasteiger partial charge in [-0.3, -0.25) is 15.0 Å². The van der Waals surface area contributed by atoms with E-state index >= 15 is 0 Å². The minimum atomic E-state index is -0.330.